The van der Waals surface area contributed by atoms with Crippen LogP contribution in [-0.2, 0) is 13.1 Å². The minimum Gasteiger partial charge on any atom is -0.497 e. The highest BCUT2D eigenvalue weighted by Crippen LogP contribution is 2.15. The lowest BCUT2D eigenvalue weighted by atomic mass is 10.2. The molecule has 0 bridgehead atoms. The van der Waals surface area contributed by atoms with Crippen LogP contribution in [-0.4, -0.2) is 29.1 Å². The predicted octanol–water partition coefficient (Wildman–Crippen LogP) is 2.93. The molecule has 30 heavy (non-hydrogen) atoms. The third kappa shape index (κ3) is 4.48. The predicted molar refractivity (Wildman–Crippen MR) is 122 cm³/mol. The van der Waals surface area contributed by atoms with E-state index in [2.05, 4.69) is 0 Å². The van der Waals surface area contributed by atoms with Crippen molar-refractivity contribution in [2.24, 2.45) is 0 Å². The fourth-order valence-corrected chi connectivity index (χ4v) is 4.09. The van der Waals surface area contributed by atoms with Crippen LogP contribution < -0.4 is 20.7 Å². The van der Waals surface area contributed by atoms with Gasteiger partial charge >= 0.3 is 5.69 Å². The molecule has 0 unspecified atom stereocenters. The van der Waals surface area contributed by atoms with E-state index in [0.717, 1.165) is 15.7 Å². The van der Waals surface area contributed by atoms with E-state index in [4.69, 9.17) is 9.47 Å². The Morgan fingerprint density at radius 1 is 0.833 bits per heavy atom. The second-order valence-electron chi connectivity index (χ2n) is 6.67. The van der Waals surface area contributed by atoms with Gasteiger partial charge in [0, 0.05) is 6.92 Å². The van der Waals surface area contributed by atoms with E-state index >= 15 is 0 Å². The van der Waals surface area contributed by atoms with Crippen LogP contribution in [0.1, 0.15) is 28.5 Å². The first-order chi connectivity index (χ1) is 14.3. The molecule has 7 nitrogen and oxygen atoms in total. The van der Waals surface area contributed by atoms with Crippen LogP contribution in [0.4, 0.5) is 0 Å². The Balaban J connectivity index is 2.10. The molecule has 0 N–H and O–H groups in total. The van der Waals surface area contributed by atoms with Crippen LogP contribution in [0.25, 0.3) is 0 Å². The maximum atomic E-state index is 13.2. The lowest BCUT2D eigenvalue weighted by Crippen LogP contribution is -2.44. The second kappa shape index (κ2) is 9.29. The topological polar surface area (TPSA) is 79.5 Å². The Labute approximate surface area is 187 Å². The number of nitrogens with zero attached hydrogens (tertiary/aromatic N) is 2. The molecule has 0 aliphatic rings. The summed E-state index contributed by atoms with van der Waals surface area (Å²) < 4.78 is 13.0. The monoisotopic (exact) mass is 520 g/mol. The molecule has 0 amide bonds. The van der Waals surface area contributed by atoms with Gasteiger partial charge in [-0.3, -0.25) is 18.7 Å². The second-order valence-corrected chi connectivity index (χ2v) is 7.75. The van der Waals surface area contributed by atoms with Gasteiger partial charge in [-0.15, -0.1) is 0 Å². The minimum absolute atomic E-state index is 0.0957. The van der Waals surface area contributed by atoms with Crippen LogP contribution in [0.5, 0.6) is 11.5 Å². The number of hydrogen-bond acceptors (Lipinski definition) is 5. The number of ether oxygens (including phenoxy) is 2. The normalized spacial score (nSPS) is 10.7. The summed E-state index contributed by atoms with van der Waals surface area (Å²) in [5, 5.41) is 0. The van der Waals surface area contributed by atoms with Crippen molar-refractivity contribution < 1.29 is 14.3 Å². The molecule has 0 aliphatic heterocycles. The van der Waals surface area contributed by atoms with Gasteiger partial charge in [-0.25, -0.2) is 4.79 Å². The summed E-state index contributed by atoms with van der Waals surface area (Å²) in [4.78, 5) is 38.4. The number of methoxy groups -OCH3 is 2. The van der Waals surface area contributed by atoms with Gasteiger partial charge in [0.25, 0.3) is 5.56 Å². The van der Waals surface area contributed by atoms with Crippen LogP contribution in [0.3, 0.4) is 0 Å². The zero-order chi connectivity index (χ0) is 21.8. The molecule has 0 radical (unpaired) electrons. The Morgan fingerprint density at radius 2 is 1.27 bits per heavy atom. The first-order valence-corrected chi connectivity index (χ1v) is 10.2. The lowest BCUT2D eigenvalue weighted by molar-refractivity contribution is 0.100. The van der Waals surface area contributed by atoms with Gasteiger partial charge in [0.1, 0.15) is 20.8 Å². The van der Waals surface area contributed by atoms with Crippen molar-refractivity contribution in [3.8, 4) is 11.5 Å². The minimum atomic E-state index is -0.530. The Bertz CT molecular complexity index is 1180. The van der Waals surface area contributed by atoms with E-state index in [1.54, 1.807) is 50.6 Å². The van der Waals surface area contributed by atoms with Gasteiger partial charge < -0.3 is 9.47 Å². The van der Waals surface area contributed by atoms with E-state index in [1.165, 1.54) is 11.5 Å². The summed E-state index contributed by atoms with van der Waals surface area (Å²) in [5.74, 6) is 1.04. The highest BCUT2D eigenvalue weighted by atomic mass is 127. The van der Waals surface area contributed by atoms with E-state index in [9.17, 15) is 14.4 Å². The number of Topliss-reactive ketones (excluding diaryl/α,β-unsaturated/α-hetero) is 1. The third-order valence-corrected chi connectivity index (χ3v) is 5.68. The van der Waals surface area contributed by atoms with Crippen molar-refractivity contribution >= 4 is 28.4 Å². The summed E-state index contributed by atoms with van der Waals surface area (Å²) in [6.45, 7) is 1.61. The van der Waals surface area contributed by atoms with Crippen LogP contribution in [0.15, 0.2) is 58.1 Å². The van der Waals surface area contributed by atoms with Gasteiger partial charge in [0.05, 0.1) is 27.3 Å². The molecule has 2 aromatic carbocycles. The highest BCUT2D eigenvalue weighted by Gasteiger charge is 2.21. The molecule has 1 aromatic heterocycles. The molecular formula is C22H21IN2O5. The number of ketones is 1. The quantitative estimate of drug-likeness (QED) is 0.354. The van der Waals surface area contributed by atoms with Crippen molar-refractivity contribution in [3.63, 3.8) is 0 Å². The molecule has 3 rings (SSSR count). The zero-order valence-electron chi connectivity index (χ0n) is 16.8. The first kappa shape index (κ1) is 21.8. The van der Waals surface area contributed by atoms with Crippen LogP contribution >= 0.6 is 22.6 Å². The molecule has 0 atom stereocenters. The summed E-state index contributed by atoms with van der Waals surface area (Å²) in [7, 11) is 3.14. The van der Waals surface area contributed by atoms with Crippen molar-refractivity contribution in [1.82, 2.24) is 9.13 Å². The maximum Gasteiger partial charge on any atom is 0.332 e. The fraction of sp³-hybridized carbons (Fsp3) is 0.227. The number of rotatable bonds is 7. The van der Waals surface area contributed by atoms with Crippen molar-refractivity contribution in [1.29, 1.82) is 0 Å². The highest BCUT2D eigenvalue weighted by molar-refractivity contribution is 14.1. The molecule has 8 heteroatoms. The van der Waals surface area contributed by atoms with Crippen LogP contribution in [0, 0.1) is 3.57 Å². The summed E-state index contributed by atoms with van der Waals surface area (Å²) >= 11 is 1.84. The number of hydrogen-bond donors (Lipinski definition) is 0. The Kier molecular flexibility index (Phi) is 6.76. The summed E-state index contributed by atoms with van der Waals surface area (Å²) in [6, 6.07) is 14.3. The van der Waals surface area contributed by atoms with Gasteiger partial charge in [-0.05, 0) is 58.0 Å². The summed E-state index contributed by atoms with van der Waals surface area (Å²) in [5.41, 5.74) is 0.695. The lowest BCUT2D eigenvalue weighted by Gasteiger charge is -2.16. The van der Waals surface area contributed by atoms with Gasteiger partial charge in [0.15, 0.2) is 5.78 Å². The molecule has 0 spiro atoms. The smallest absolute Gasteiger partial charge is 0.332 e. The van der Waals surface area contributed by atoms with Crippen molar-refractivity contribution in [2.75, 3.05) is 14.2 Å². The number of halogens is 1. The van der Waals surface area contributed by atoms with Crippen LogP contribution in [0.2, 0.25) is 0 Å². The van der Waals surface area contributed by atoms with Crippen molar-refractivity contribution in [2.45, 2.75) is 20.0 Å². The molecule has 156 valence electrons. The largest absolute Gasteiger partial charge is 0.497 e. The molecule has 3 aromatic rings. The van der Waals surface area contributed by atoms with Gasteiger partial charge in [-0.2, -0.15) is 0 Å². The SMILES string of the molecule is COc1ccc(Cn2c(C(C)=O)c(I)c(=O)n(Cc3ccc(OC)cc3)c2=O)cc1. The maximum absolute atomic E-state index is 13.2. The van der Waals surface area contributed by atoms with E-state index < -0.39 is 11.2 Å². The fourth-order valence-electron chi connectivity index (χ4n) is 3.12. The Morgan fingerprint density at radius 3 is 1.67 bits per heavy atom. The third-order valence-electron chi connectivity index (χ3n) is 4.71. The standard InChI is InChI=1S/C22H21IN2O5/c1-14(26)20-19(23)21(27)25(13-16-6-10-18(30-3)11-7-16)22(28)24(20)12-15-4-8-17(29-2)9-5-15/h4-11H,12-13H2,1-3H3. The van der Waals surface area contributed by atoms with Gasteiger partial charge in [-0.1, -0.05) is 24.3 Å². The van der Waals surface area contributed by atoms with E-state index in [0.29, 0.717) is 11.5 Å². The number of carbonyl (C=O) groups is 1. The Hall–Kier alpha value is -2.88. The molecule has 0 saturated heterocycles. The van der Waals surface area contributed by atoms with Gasteiger partial charge in [0.2, 0.25) is 0 Å². The zero-order valence-corrected chi connectivity index (χ0v) is 19.0. The average Bonchev–Trinajstić information content (AvgIpc) is 2.75. The number of aromatic nitrogens is 2. The first-order valence-electron chi connectivity index (χ1n) is 9.15. The van der Waals surface area contributed by atoms with Crippen molar-refractivity contribution in [3.05, 3.63) is 89.8 Å². The number of carbonyl (C=O) groups excluding carboxylic acids is 1. The molecule has 0 aliphatic carbocycles. The average molecular weight is 520 g/mol. The molecule has 0 fully saturated rings. The molecular weight excluding hydrogens is 499 g/mol. The molecule has 1 heterocycles. The van der Waals surface area contributed by atoms with E-state index in [1.807, 2.05) is 34.7 Å². The van der Waals surface area contributed by atoms with E-state index in [-0.39, 0.29) is 28.1 Å². The molecule has 0 saturated carbocycles. The summed E-state index contributed by atoms with van der Waals surface area (Å²) in [6.07, 6.45) is 0. The number of benzene rings is 2.